The third-order valence-corrected chi connectivity index (χ3v) is 9.54. The largest absolute Gasteiger partial charge is 0.444 e. The van der Waals surface area contributed by atoms with Gasteiger partial charge in [-0.15, -0.1) is 0 Å². The highest BCUT2D eigenvalue weighted by molar-refractivity contribution is 6.74. The molecule has 0 bridgehead atoms. The Labute approximate surface area is 172 Å². The molecule has 0 spiro atoms. The smallest absolute Gasteiger partial charge is 0.410 e. The van der Waals surface area contributed by atoms with Crippen molar-refractivity contribution in [1.82, 2.24) is 4.90 Å². The molecule has 0 aliphatic carbocycles. The van der Waals surface area contributed by atoms with Crippen LogP contribution in [0.4, 0.5) is 4.79 Å². The number of nitrogens with zero attached hydrogens (tertiary/aromatic N) is 1. The van der Waals surface area contributed by atoms with Crippen LogP contribution in [0, 0.1) is 0 Å². The number of ether oxygens (including phenoxy) is 1. The first-order valence-electron chi connectivity index (χ1n) is 10.1. The maximum Gasteiger partial charge on any atom is 0.410 e. The second-order valence-electron chi connectivity index (χ2n) is 9.90. The molecule has 0 aromatic heterocycles. The molecule has 1 unspecified atom stereocenters. The van der Waals surface area contributed by atoms with E-state index in [0.29, 0.717) is 26.1 Å². The predicted octanol–water partition coefficient (Wildman–Crippen LogP) is 5.20. The van der Waals surface area contributed by atoms with Gasteiger partial charge in [0.2, 0.25) is 0 Å². The van der Waals surface area contributed by atoms with Crippen molar-refractivity contribution in [2.45, 2.75) is 84.3 Å². The lowest BCUT2D eigenvalue weighted by atomic mass is 10.2. The third-order valence-electron chi connectivity index (χ3n) is 5.04. The van der Waals surface area contributed by atoms with Crippen molar-refractivity contribution in [3.05, 3.63) is 35.9 Å². The molecule has 1 aromatic carbocycles. The Balaban J connectivity index is 2.69. The molecule has 1 N–H and O–H groups in total. The molecule has 6 heteroatoms. The van der Waals surface area contributed by atoms with Crippen molar-refractivity contribution in [3.8, 4) is 0 Å². The number of amides is 1. The lowest BCUT2D eigenvalue weighted by Gasteiger charge is -2.37. The van der Waals surface area contributed by atoms with E-state index in [9.17, 15) is 9.90 Å². The molecule has 0 saturated carbocycles. The van der Waals surface area contributed by atoms with Gasteiger partial charge in [-0.05, 0) is 50.9 Å². The number of hydrogen-bond acceptors (Lipinski definition) is 4. The molecule has 5 nitrogen and oxygen atoms in total. The third kappa shape index (κ3) is 8.75. The minimum absolute atomic E-state index is 0.0998. The molecule has 160 valence electrons. The Morgan fingerprint density at radius 2 is 1.68 bits per heavy atom. The van der Waals surface area contributed by atoms with Crippen LogP contribution in [-0.2, 0) is 15.7 Å². The molecule has 0 aliphatic heterocycles. The summed E-state index contributed by atoms with van der Waals surface area (Å²) in [6.07, 6.45) is -0.538. The zero-order valence-corrected chi connectivity index (χ0v) is 19.9. The van der Waals surface area contributed by atoms with Gasteiger partial charge in [-0.25, -0.2) is 4.79 Å². The van der Waals surface area contributed by atoms with Gasteiger partial charge in [-0.2, -0.15) is 0 Å². The molecule has 0 heterocycles. The normalized spacial score (nSPS) is 13.9. The van der Waals surface area contributed by atoms with E-state index in [-0.39, 0.29) is 11.1 Å². The summed E-state index contributed by atoms with van der Waals surface area (Å²) in [6.45, 7) is 17.6. The molecule has 1 rings (SSSR count). The quantitative estimate of drug-likeness (QED) is 0.600. The van der Waals surface area contributed by atoms with Gasteiger partial charge in [0.15, 0.2) is 8.32 Å². The van der Waals surface area contributed by atoms with E-state index >= 15 is 0 Å². The predicted molar refractivity (Wildman–Crippen MR) is 117 cm³/mol. The van der Waals surface area contributed by atoms with E-state index in [1.54, 1.807) is 4.90 Å². The fourth-order valence-corrected chi connectivity index (χ4v) is 3.32. The number of aliphatic hydroxyl groups excluding tert-OH is 1. The van der Waals surface area contributed by atoms with Crippen molar-refractivity contribution in [2.75, 3.05) is 13.2 Å². The Bertz CT molecular complexity index is 605. The maximum atomic E-state index is 12.6. The van der Waals surface area contributed by atoms with E-state index in [4.69, 9.17) is 9.16 Å². The topological polar surface area (TPSA) is 59.0 Å². The first-order valence-corrected chi connectivity index (χ1v) is 13.0. The van der Waals surface area contributed by atoms with E-state index < -0.39 is 20.0 Å². The fourth-order valence-electron chi connectivity index (χ4n) is 2.27. The van der Waals surface area contributed by atoms with Crippen LogP contribution in [0.15, 0.2) is 30.3 Å². The number of hydrogen-bond donors (Lipinski definition) is 1. The second-order valence-corrected chi connectivity index (χ2v) is 14.7. The number of carbonyl (C=O) groups excluding carboxylic acids is 1. The van der Waals surface area contributed by atoms with Crippen LogP contribution in [-0.4, -0.2) is 49.3 Å². The molecule has 1 amide bonds. The highest BCUT2D eigenvalue weighted by Crippen LogP contribution is 2.36. The highest BCUT2D eigenvalue weighted by Gasteiger charge is 2.37. The maximum absolute atomic E-state index is 12.6. The van der Waals surface area contributed by atoms with Crippen molar-refractivity contribution < 1.29 is 19.1 Å². The van der Waals surface area contributed by atoms with Crippen molar-refractivity contribution in [1.29, 1.82) is 0 Å². The molecule has 0 fully saturated rings. The van der Waals surface area contributed by atoms with Gasteiger partial charge in [0, 0.05) is 13.1 Å². The standard InChI is InChI=1S/C22H39NO4Si/c1-21(2,3)27-20(25)23(16-18-12-10-9-11-13-18)15-14-19(24)17-26-28(7,8)22(4,5)6/h9-13,19,24H,14-17H2,1-8H3. The van der Waals surface area contributed by atoms with Crippen LogP contribution in [0.1, 0.15) is 53.5 Å². The summed E-state index contributed by atoms with van der Waals surface area (Å²) in [6, 6.07) is 9.81. The van der Waals surface area contributed by atoms with Gasteiger partial charge < -0.3 is 19.2 Å². The Hall–Kier alpha value is -1.37. The molecule has 0 radical (unpaired) electrons. The lowest BCUT2D eigenvalue weighted by Crippen LogP contribution is -2.43. The Kier molecular flexibility index (Phi) is 8.72. The minimum atomic E-state index is -1.90. The molecule has 28 heavy (non-hydrogen) atoms. The Morgan fingerprint density at radius 1 is 1.11 bits per heavy atom. The summed E-state index contributed by atoms with van der Waals surface area (Å²) < 4.78 is 11.6. The van der Waals surface area contributed by atoms with Gasteiger partial charge in [-0.1, -0.05) is 51.1 Å². The van der Waals surface area contributed by atoms with Gasteiger partial charge >= 0.3 is 6.09 Å². The zero-order chi connectivity index (χ0) is 21.6. The van der Waals surface area contributed by atoms with Gasteiger partial charge in [-0.3, -0.25) is 0 Å². The number of benzene rings is 1. The summed E-state index contributed by atoms with van der Waals surface area (Å²) >= 11 is 0. The average Bonchev–Trinajstić information content (AvgIpc) is 2.55. The van der Waals surface area contributed by atoms with E-state index in [2.05, 4.69) is 33.9 Å². The van der Waals surface area contributed by atoms with Crippen LogP contribution in [0.3, 0.4) is 0 Å². The van der Waals surface area contributed by atoms with Crippen molar-refractivity contribution in [2.24, 2.45) is 0 Å². The van der Waals surface area contributed by atoms with Crippen LogP contribution < -0.4 is 0 Å². The highest BCUT2D eigenvalue weighted by atomic mass is 28.4. The summed E-state index contributed by atoms with van der Waals surface area (Å²) in [7, 11) is -1.90. The van der Waals surface area contributed by atoms with Gasteiger partial charge in [0.1, 0.15) is 5.60 Å². The monoisotopic (exact) mass is 409 g/mol. The van der Waals surface area contributed by atoms with E-state index in [1.165, 1.54) is 0 Å². The van der Waals surface area contributed by atoms with Crippen molar-refractivity contribution in [3.63, 3.8) is 0 Å². The van der Waals surface area contributed by atoms with Crippen LogP contribution in [0.5, 0.6) is 0 Å². The Morgan fingerprint density at radius 3 is 2.18 bits per heavy atom. The van der Waals surface area contributed by atoms with E-state index in [0.717, 1.165) is 5.56 Å². The molecular weight excluding hydrogens is 370 g/mol. The van der Waals surface area contributed by atoms with E-state index in [1.807, 2.05) is 51.1 Å². The number of aliphatic hydroxyl groups is 1. The molecule has 0 aliphatic rings. The fraction of sp³-hybridized carbons (Fsp3) is 0.682. The van der Waals surface area contributed by atoms with Gasteiger partial charge in [0.25, 0.3) is 0 Å². The minimum Gasteiger partial charge on any atom is -0.444 e. The molecule has 0 saturated heterocycles. The van der Waals surface area contributed by atoms with Gasteiger partial charge in [0.05, 0.1) is 12.7 Å². The lowest BCUT2D eigenvalue weighted by molar-refractivity contribution is 0.0181. The zero-order valence-electron chi connectivity index (χ0n) is 18.9. The second kappa shape index (κ2) is 9.90. The average molecular weight is 410 g/mol. The first-order chi connectivity index (χ1) is 12.7. The van der Waals surface area contributed by atoms with Crippen molar-refractivity contribution >= 4 is 14.4 Å². The van der Waals surface area contributed by atoms with Crippen LogP contribution in [0.25, 0.3) is 0 Å². The SMILES string of the molecule is CC(C)(C)OC(=O)N(CCC(O)CO[Si](C)(C)C(C)(C)C)Cc1ccccc1. The molecule has 1 aromatic rings. The first kappa shape index (κ1) is 24.7. The summed E-state index contributed by atoms with van der Waals surface area (Å²) in [5.74, 6) is 0. The van der Waals surface area contributed by atoms with Crippen LogP contribution in [0.2, 0.25) is 18.1 Å². The van der Waals surface area contributed by atoms with Crippen LogP contribution >= 0.6 is 0 Å². The number of carbonyl (C=O) groups is 1. The number of rotatable bonds is 8. The molecular formula is C22H39NO4Si. The summed E-state index contributed by atoms with van der Waals surface area (Å²) in [5, 5.41) is 10.5. The molecule has 1 atom stereocenters. The summed E-state index contributed by atoms with van der Waals surface area (Å²) in [5.41, 5.74) is 0.469. The summed E-state index contributed by atoms with van der Waals surface area (Å²) in [4.78, 5) is 14.3.